The molecule has 6 nitrogen and oxygen atoms in total. The van der Waals surface area contributed by atoms with E-state index < -0.39 is 11.0 Å². The highest BCUT2D eigenvalue weighted by Crippen LogP contribution is 2.23. The molecule has 1 N–H and O–H groups in total. The maximum atomic E-state index is 12.2. The van der Waals surface area contributed by atoms with Gasteiger partial charge in [0.2, 0.25) is 0 Å². The van der Waals surface area contributed by atoms with E-state index in [1.807, 2.05) is 0 Å². The lowest BCUT2D eigenvalue weighted by molar-refractivity contribution is -0.385. The van der Waals surface area contributed by atoms with E-state index >= 15 is 0 Å². The largest absolute Gasteiger partial charge is 0.391 e. The first kappa shape index (κ1) is 12.5. The van der Waals surface area contributed by atoms with Crippen LogP contribution in [0.5, 0.6) is 0 Å². The molecule has 0 spiro atoms. The highest BCUT2D eigenvalue weighted by Gasteiger charge is 2.27. The number of amides is 1. The van der Waals surface area contributed by atoms with Gasteiger partial charge >= 0.3 is 0 Å². The van der Waals surface area contributed by atoms with Crippen LogP contribution in [0, 0.1) is 17.0 Å². The molecular weight excluding hydrogens is 236 g/mol. The fourth-order valence-corrected chi connectivity index (χ4v) is 2.15. The number of hydrogen-bond donors (Lipinski definition) is 1. The normalized spacial score (nSPS) is 19.0. The van der Waals surface area contributed by atoms with Gasteiger partial charge in [-0.3, -0.25) is 14.9 Å². The maximum absolute atomic E-state index is 12.2. The van der Waals surface area contributed by atoms with Gasteiger partial charge in [-0.2, -0.15) is 0 Å². The number of benzene rings is 1. The van der Waals surface area contributed by atoms with Crippen molar-refractivity contribution in [1.29, 1.82) is 0 Å². The number of nitro benzene ring substituents is 1. The van der Waals surface area contributed by atoms with E-state index in [0.29, 0.717) is 30.6 Å². The minimum atomic E-state index is -0.495. The van der Waals surface area contributed by atoms with Gasteiger partial charge in [-0.25, -0.2) is 0 Å². The predicted molar refractivity (Wildman–Crippen MR) is 64.4 cm³/mol. The number of aliphatic hydroxyl groups is 1. The van der Waals surface area contributed by atoms with E-state index in [4.69, 9.17) is 0 Å². The molecule has 0 saturated carbocycles. The molecule has 18 heavy (non-hydrogen) atoms. The number of nitrogens with zero attached hydrogens (tertiary/aromatic N) is 2. The Kier molecular flexibility index (Phi) is 3.29. The smallest absolute Gasteiger partial charge is 0.273 e. The lowest BCUT2D eigenvalue weighted by Gasteiger charge is -2.16. The first-order valence-electron chi connectivity index (χ1n) is 5.72. The van der Waals surface area contributed by atoms with Crippen LogP contribution < -0.4 is 0 Å². The van der Waals surface area contributed by atoms with Gasteiger partial charge in [-0.15, -0.1) is 0 Å². The van der Waals surface area contributed by atoms with Crippen LogP contribution in [-0.2, 0) is 0 Å². The predicted octanol–water partition coefficient (Wildman–Crippen LogP) is 1.11. The van der Waals surface area contributed by atoms with E-state index in [9.17, 15) is 20.0 Å². The molecule has 0 bridgehead atoms. The molecule has 1 heterocycles. The van der Waals surface area contributed by atoms with E-state index in [0.717, 1.165) is 0 Å². The minimum Gasteiger partial charge on any atom is -0.391 e. The summed E-state index contributed by atoms with van der Waals surface area (Å²) >= 11 is 0. The summed E-state index contributed by atoms with van der Waals surface area (Å²) in [6.45, 7) is 2.35. The molecule has 0 aromatic heterocycles. The second-order valence-electron chi connectivity index (χ2n) is 4.40. The lowest BCUT2D eigenvalue weighted by Crippen LogP contribution is -2.30. The number of rotatable bonds is 2. The fraction of sp³-hybridized carbons (Fsp3) is 0.417. The Morgan fingerprint density at radius 2 is 2.28 bits per heavy atom. The topological polar surface area (TPSA) is 83.7 Å². The summed E-state index contributed by atoms with van der Waals surface area (Å²) in [7, 11) is 0. The number of likely N-dealkylation sites (tertiary alicyclic amines) is 1. The van der Waals surface area contributed by atoms with Gasteiger partial charge in [0, 0.05) is 30.3 Å². The molecule has 1 aliphatic rings. The number of β-amino-alcohol motifs (C(OH)–C–C–N with tert-alkyl or cyclic N) is 1. The van der Waals surface area contributed by atoms with Gasteiger partial charge in [-0.05, 0) is 19.4 Å². The Balaban J connectivity index is 2.31. The standard InChI is InChI=1S/C12H14N2O4/c1-8-10(3-2-4-11(8)14(17)18)12(16)13-6-5-9(15)7-13/h2-4,9,15H,5-7H2,1H3/t9-/m0/s1. The SMILES string of the molecule is Cc1c(C(=O)N2CC[C@H](O)C2)cccc1[N+](=O)[O-]. The summed E-state index contributed by atoms with van der Waals surface area (Å²) in [5, 5.41) is 20.2. The number of carbonyl (C=O) groups excluding carboxylic acids is 1. The highest BCUT2D eigenvalue weighted by molar-refractivity contribution is 5.96. The van der Waals surface area contributed by atoms with Crippen molar-refractivity contribution in [1.82, 2.24) is 4.90 Å². The Morgan fingerprint density at radius 3 is 2.83 bits per heavy atom. The zero-order chi connectivity index (χ0) is 13.3. The number of carbonyl (C=O) groups is 1. The molecule has 0 aliphatic carbocycles. The van der Waals surface area contributed by atoms with Gasteiger partial charge in [0.15, 0.2) is 0 Å². The Morgan fingerprint density at radius 1 is 1.56 bits per heavy atom. The van der Waals surface area contributed by atoms with Crippen molar-refractivity contribution in [3.63, 3.8) is 0 Å². The van der Waals surface area contributed by atoms with Gasteiger partial charge < -0.3 is 10.0 Å². The van der Waals surface area contributed by atoms with Crippen molar-refractivity contribution in [2.24, 2.45) is 0 Å². The third-order valence-electron chi connectivity index (χ3n) is 3.18. The van der Waals surface area contributed by atoms with Crippen molar-refractivity contribution in [3.8, 4) is 0 Å². The first-order chi connectivity index (χ1) is 8.50. The molecule has 6 heteroatoms. The second kappa shape index (κ2) is 4.73. The van der Waals surface area contributed by atoms with Crippen LogP contribution in [-0.4, -0.2) is 40.0 Å². The Bertz CT molecular complexity index is 501. The van der Waals surface area contributed by atoms with E-state index in [1.165, 1.54) is 17.0 Å². The summed E-state index contributed by atoms with van der Waals surface area (Å²) in [6.07, 6.45) is 0.0626. The van der Waals surface area contributed by atoms with Crippen molar-refractivity contribution < 1.29 is 14.8 Å². The maximum Gasteiger partial charge on any atom is 0.273 e. The zero-order valence-electron chi connectivity index (χ0n) is 10.00. The van der Waals surface area contributed by atoms with Crippen molar-refractivity contribution in [2.75, 3.05) is 13.1 Å². The van der Waals surface area contributed by atoms with Crippen LogP contribution in [0.4, 0.5) is 5.69 Å². The molecular formula is C12H14N2O4. The van der Waals surface area contributed by atoms with Crippen LogP contribution in [0.1, 0.15) is 22.3 Å². The highest BCUT2D eigenvalue weighted by atomic mass is 16.6. The van der Waals surface area contributed by atoms with Gasteiger partial charge in [0.1, 0.15) is 0 Å². The Hall–Kier alpha value is -1.95. The molecule has 96 valence electrons. The van der Waals surface area contributed by atoms with Crippen molar-refractivity contribution in [2.45, 2.75) is 19.4 Å². The van der Waals surface area contributed by atoms with Gasteiger partial charge in [-0.1, -0.05) is 6.07 Å². The molecule has 0 radical (unpaired) electrons. The van der Waals surface area contributed by atoms with Crippen molar-refractivity contribution in [3.05, 3.63) is 39.4 Å². The fourth-order valence-electron chi connectivity index (χ4n) is 2.15. The third-order valence-corrected chi connectivity index (χ3v) is 3.18. The number of hydrogen-bond acceptors (Lipinski definition) is 4. The van der Waals surface area contributed by atoms with Crippen LogP contribution in [0.3, 0.4) is 0 Å². The molecule has 1 aromatic rings. The molecule has 1 atom stereocenters. The summed E-state index contributed by atoms with van der Waals surface area (Å²) < 4.78 is 0. The molecule has 1 aliphatic heterocycles. The quantitative estimate of drug-likeness (QED) is 0.629. The second-order valence-corrected chi connectivity index (χ2v) is 4.40. The van der Waals surface area contributed by atoms with E-state index in [2.05, 4.69) is 0 Å². The molecule has 1 amide bonds. The third kappa shape index (κ3) is 2.19. The zero-order valence-corrected chi connectivity index (χ0v) is 10.00. The summed E-state index contributed by atoms with van der Waals surface area (Å²) in [4.78, 5) is 24.0. The molecule has 1 fully saturated rings. The van der Waals surface area contributed by atoms with Crippen LogP contribution in [0.25, 0.3) is 0 Å². The van der Waals surface area contributed by atoms with E-state index in [1.54, 1.807) is 13.0 Å². The Labute approximate surface area is 104 Å². The summed E-state index contributed by atoms with van der Waals surface area (Å²) in [6, 6.07) is 4.46. The van der Waals surface area contributed by atoms with Gasteiger partial charge in [0.05, 0.1) is 11.0 Å². The van der Waals surface area contributed by atoms with E-state index in [-0.39, 0.29) is 11.6 Å². The average Bonchev–Trinajstić information content (AvgIpc) is 2.75. The molecule has 1 saturated heterocycles. The average molecular weight is 250 g/mol. The molecule has 2 rings (SSSR count). The van der Waals surface area contributed by atoms with Crippen LogP contribution in [0.15, 0.2) is 18.2 Å². The summed E-state index contributed by atoms with van der Waals surface area (Å²) in [5.74, 6) is -0.257. The van der Waals surface area contributed by atoms with Crippen molar-refractivity contribution >= 4 is 11.6 Å². The molecule has 1 aromatic carbocycles. The van der Waals surface area contributed by atoms with Crippen LogP contribution in [0.2, 0.25) is 0 Å². The molecule has 0 unspecified atom stereocenters. The lowest BCUT2D eigenvalue weighted by atomic mass is 10.1. The number of nitro groups is 1. The summed E-state index contributed by atoms with van der Waals surface area (Å²) in [5.41, 5.74) is 0.646. The van der Waals surface area contributed by atoms with Crippen LogP contribution >= 0.6 is 0 Å². The monoisotopic (exact) mass is 250 g/mol. The minimum absolute atomic E-state index is 0.0550. The first-order valence-corrected chi connectivity index (χ1v) is 5.72. The number of aliphatic hydroxyl groups excluding tert-OH is 1. The van der Waals surface area contributed by atoms with Gasteiger partial charge in [0.25, 0.3) is 11.6 Å².